The van der Waals surface area contributed by atoms with Crippen molar-refractivity contribution in [3.8, 4) is 0 Å². The van der Waals surface area contributed by atoms with Gasteiger partial charge in [-0.3, -0.25) is 0 Å². The number of carbonyl (C=O) groups excluding carboxylic acids is 1. The Morgan fingerprint density at radius 3 is 2.70 bits per heavy atom. The Morgan fingerprint density at radius 1 is 1.16 bits per heavy atom. The molecule has 5 atom stereocenters. The number of hydrogen-bond donors (Lipinski definition) is 3. The molecule has 3 aromatic rings. The van der Waals surface area contributed by atoms with Crippen molar-refractivity contribution < 1.29 is 37.1 Å². The summed E-state index contributed by atoms with van der Waals surface area (Å²) in [4.78, 5) is 13.1. The molecule has 13 heteroatoms. The standard InChI is InChI=1S/C30H40N4O8S/c1-19(2)16-34(43(37,38)21-9-10-27-23(14-21)25(15-31-3)33-42-27)17-26(35)24(13-20-7-5-4-6-8-20)32-30(36)41-28-18-40-29-22(28)11-12-39-29/h4-10,14,19,22,24,26,28-29,31,35H,11-13,15-18H2,1-3H3,(H,32,36)/t22-,24-,26+,28?,29+/m0/s1. The lowest BCUT2D eigenvalue weighted by Gasteiger charge is -2.31. The number of amides is 1. The predicted molar refractivity (Wildman–Crippen MR) is 158 cm³/mol. The summed E-state index contributed by atoms with van der Waals surface area (Å²) < 4.78 is 51.4. The van der Waals surface area contributed by atoms with Crippen LogP contribution in [0, 0.1) is 11.8 Å². The zero-order chi connectivity index (χ0) is 30.6. The predicted octanol–water partition coefficient (Wildman–Crippen LogP) is 2.65. The average Bonchev–Trinajstić information content (AvgIpc) is 3.70. The first kappa shape index (κ1) is 31.4. The van der Waals surface area contributed by atoms with E-state index in [2.05, 4.69) is 15.8 Å². The lowest BCUT2D eigenvalue weighted by Crippen LogP contribution is -2.51. The molecule has 0 spiro atoms. The molecule has 3 heterocycles. The van der Waals surface area contributed by atoms with Gasteiger partial charge in [-0.05, 0) is 49.6 Å². The van der Waals surface area contributed by atoms with Crippen molar-refractivity contribution >= 4 is 27.1 Å². The van der Waals surface area contributed by atoms with Crippen LogP contribution < -0.4 is 10.6 Å². The van der Waals surface area contributed by atoms with Gasteiger partial charge in [-0.15, -0.1) is 0 Å². The maximum Gasteiger partial charge on any atom is 0.407 e. The third-order valence-electron chi connectivity index (χ3n) is 7.77. The first-order valence-electron chi connectivity index (χ1n) is 14.6. The molecular formula is C30H40N4O8S. The molecule has 2 aromatic carbocycles. The minimum atomic E-state index is -4.05. The second kappa shape index (κ2) is 13.7. The van der Waals surface area contributed by atoms with Gasteiger partial charge in [-0.1, -0.05) is 49.3 Å². The largest absolute Gasteiger partial charge is 0.443 e. The van der Waals surface area contributed by atoms with E-state index in [-0.39, 0.29) is 49.1 Å². The minimum absolute atomic E-state index is 0.0319. The molecule has 1 aromatic heterocycles. The van der Waals surface area contributed by atoms with Crippen molar-refractivity contribution in [2.75, 3.05) is 33.4 Å². The number of nitrogens with one attached hydrogen (secondary N) is 2. The Kier molecular flexibility index (Phi) is 9.99. The van der Waals surface area contributed by atoms with Crippen LogP contribution >= 0.6 is 0 Å². The van der Waals surface area contributed by atoms with E-state index in [0.29, 0.717) is 29.8 Å². The highest BCUT2D eigenvalue weighted by Gasteiger charge is 2.44. The summed E-state index contributed by atoms with van der Waals surface area (Å²) in [5.41, 5.74) is 1.95. The number of carbonyl (C=O) groups is 1. The van der Waals surface area contributed by atoms with Gasteiger partial charge in [0.05, 0.1) is 36.2 Å². The topological polar surface area (TPSA) is 152 Å². The highest BCUT2D eigenvalue weighted by molar-refractivity contribution is 7.89. The van der Waals surface area contributed by atoms with Gasteiger partial charge in [0, 0.05) is 25.0 Å². The van der Waals surface area contributed by atoms with Crippen LogP contribution in [0.5, 0.6) is 0 Å². The van der Waals surface area contributed by atoms with Crippen molar-refractivity contribution in [2.24, 2.45) is 11.8 Å². The number of benzene rings is 2. The second-order valence-corrected chi connectivity index (χ2v) is 13.4. The molecule has 2 saturated heterocycles. The van der Waals surface area contributed by atoms with Gasteiger partial charge in [0.2, 0.25) is 10.0 Å². The number of rotatable bonds is 13. The van der Waals surface area contributed by atoms with Gasteiger partial charge >= 0.3 is 6.09 Å². The molecule has 43 heavy (non-hydrogen) atoms. The van der Waals surface area contributed by atoms with Crippen molar-refractivity contribution in [2.45, 2.75) is 62.7 Å². The maximum absolute atomic E-state index is 14.0. The van der Waals surface area contributed by atoms with Crippen LogP contribution in [0.3, 0.4) is 0 Å². The van der Waals surface area contributed by atoms with E-state index < -0.39 is 34.4 Å². The van der Waals surface area contributed by atoms with Crippen LogP contribution in [-0.2, 0) is 37.2 Å². The number of ether oxygens (including phenoxy) is 3. The van der Waals surface area contributed by atoms with Gasteiger partial charge in [-0.2, -0.15) is 4.31 Å². The van der Waals surface area contributed by atoms with Crippen LogP contribution in [0.4, 0.5) is 4.79 Å². The van der Waals surface area contributed by atoms with Crippen LogP contribution in [-0.4, -0.2) is 87.0 Å². The summed E-state index contributed by atoms with van der Waals surface area (Å²) in [6.07, 6.45) is -1.78. The number of alkyl carbamates (subject to hydrolysis) is 1. The minimum Gasteiger partial charge on any atom is -0.443 e. The Bertz CT molecular complexity index is 1480. The lowest BCUT2D eigenvalue weighted by molar-refractivity contribution is -0.0907. The fourth-order valence-electron chi connectivity index (χ4n) is 5.61. The van der Waals surface area contributed by atoms with E-state index in [1.807, 2.05) is 44.2 Å². The summed E-state index contributed by atoms with van der Waals surface area (Å²) in [6, 6.07) is 13.2. The van der Waals surface area contributed by atoms with Crippen molar-refractivity contribution in [3.05, 3.63) is 59.8 Å². The Balaban J connectivity index is 1.36. The lowest BCUT2D eigenvalue weighted by atomic mass is 10.0. The second-order valence-electron chi connectivity index (χ2n) is 11.5. The van der Waals surface area contributed by atoms with E-state index in [0.717, 1.165) is 12.0 Å². The Labute approximate surface area is 251 Å². The van der Waals surface area contributed by atoms with Crippen LogP contribution in [0.15, 0.2) is 57.9 Å². The number of nitrogens with zero attached hydrogens (tertiary/aromatic N) is 2. The highest BCUT2D eigenvalue weighted by Crippen LogP contribution is 2.33. The fraction of sp³-hybridized carbons (Fsp3) is 0.533. The summed E-state index contributed by atoms with van der Waals surface area (Å²) in [5.74, 6) is -0.0677. The number of aliphatic hydroxyl groups excluding tert-OH is 1. The van der Waals surface area contributed by atoms with E-state index >= 15 is 0 Å². The quantitative estimate of drug-likeness (QED) is 0.261. The van der Waals surface area contributed by atoms with Crippen molar-refractivity contribution in [1.82, 2.24) is 20.1 Å². The molecule has 3 N–H and O–H groups in total. The molecular weight excluding hydrogens is 576 g/mol. The van der Waals surface area contributed by atoms with Gasteiger partial charge in [0.1, 0.15) is 11.8 Å². The molecule has 0 radical (unpaired) electrons. The van der Waals surface area contributed by atoms with E-state index in [4.69, 9.17) is 18.7 Å². The summed E-state index contributed by atoms with van der Waals surface area (Å²) in [6.45, 7) is 4.93. The number of sulfonamides is 1. The van der Waals surface area contributed by atoms with E-state index in [9.17, 15) is 18.3 Å². The smallest absolute Gasteiger partial charge is 0.407 e. The molecule has 12 nitrogen and oxygen atoms in total. The highest BCUT2D eigenvalue weighted by atomic mass is 32.2. The normalized spacial score (nSPS) is 21.8. The van der Waals surface area contributed by atoms with E-state index in [1.54, 1.807) is 19.2 Å². The molecule has 1 unspecified atom stereocenters. The van der Waals surface area contributed by atoms with Gasteiger partial charge in [0.15, 0.2) is 11.9 Å². The monoisotopic (exact) mass is 616 g/mol. The average molecular weight is 617 g/mol. The molecule has 1 amide bonds. The molecule has 0 saturated carbocycles. The Morgan fingerprint density at radius 2 is 1.95 bits per heavy atom. The first-order valence-corrected chi connectivity index (χ1v) is 16.0. The summed E-state index contributed by atoms with van der Waals surface area (Å²) >= 11 is 0. The third kappa shape index (κ3) is 7.36. The van der Waals surface area contributed by atoms with E-state index in [1.165, 1.54) is 10.4 Å². The summed E-state index contributed by atoms with van der Waals surface area (Å²) in [5, 5.41) is 22.0. The molecule has 234 valence electrons. The number of aliphatic hydroxyl groups is 1. The first-order chi connectivity index (χ1) is 20.7. The summed E-state index contributed by atoms with van der Waals surface area (Å²) in [7, 11) is -2.28. The van der Waals surface area contributed by atoms with Crippen molar-refractivity contribution in [3.63, 3.8) is 0 Å². The SMILES string of the molecule is CNCc1noc2ccc(S(=O)(=O)N(CC(C)C)C[C@@H](O)[C@H](Cc3ccccc3)NC(=O)OC3CO[C@H]4OCC[C@@H]34)cc12. The fourth-order valence-corrected chi connectivity index (χ4v) is 7.26. The van der Waals surface area contributed by atoms with Crippen LogP contribution in [0.25, 0.3) is 11.0 Å². The molecule has 0 bridgehead atoms. The molecule has 0 aliphatic carbocycles. The maximum atomic E-state index is 14.0. The zero-order valence-electron chi connectivity index (χ0n) is 24.6. The van der Waals surface area contributed by atoms with Gasteiger partial charge < -0.3 is 34.5 Å². The van der Waals surface area contributed by atoms with Crippen molar-refractivity contribution in [1.29, 1.82) is 0 Å². The number of aromatic nitrogens is 1. The molecule has 2 fully saturated rings. The number of hydrogen-bond acceptors (Lipinski definition) is 10. The number of fused-ring (bicyclic) bond motifs is 2. The Hall–Kier alpha value is -3.07. The molecule has 2 aliphatic heterocycles. The molecule has 5 rings (SSSR count). The van der Waals surface area contributed by atoms with Gasteiger partial charge in [-0.25, -0.2) is 13.2 Å². The van der Waals surface area contributed by atoms with Gasteiger partial charge in [0.25, 0.3) is 0 Å². The van der Waals surface area contributed by atoms with Crippen LogP contribution in [0.2, 0.25) is 0 Å². The molecule has 2 aliphatic rings. The zero-order valence-corrected chi connectivity index (χ0v) is 25.5. The third-order valence-corrected chi connectivity index (χ3v) is 9.59. The van der Waals surface area contributed by atoms with Crippen LogP contribution in [0.1, 0.15) is 31.5 Å².